The lowest BCUT2D eigenvalue weighted by Gasteiger charge is -2.06. The zero-order chi connectivity index (χ0) is 13.0. The van der Waals surface area contributed by atoms with Crippen LogP contribution in [0, 0.1) is 0 Å². The number of hydrazine groups is 1. The summed E-state index contributed by atoms with van der Waals surface area (Å²) in [4.78, 5) is 19.3. The minimum Gasteiger partial charge on any atom is -0.324 e. The molecule has 0 saturated heterocycles. The molecule has 0 aliphatic carbocycles. The number of benzene rings is 1. The number of carbonyl (C=O) groups excluding carboxylic acids is 1. The van der Waals surface area contributed by atoms with Crippen LogP contribution < -0.4 is 16.6 Å². The van der Waals surface area contributed by atoms with Gasteiger partial charge in [-0.05, 0) is 31.2 Å². The molecule has 4 N–H and O–H groups in total. The van der Waals surface area contributed by atoms with Crippen LogP contribution in [0.1, 0.15) is 17.3 Å². The highest BCUT2D eigenvalue weighted by atomic mass is 16.1. The normalized spacial score (nSPS) is 9.89. The van der Waals surface area contributed by atoms with Gasteiger partial charge in [-0.3, -0.25) is 4.79 Å². The first-order valence-electron chi connectivity index (χ1n) is 5.37. The number of aromatic nitrogens is 2. The summed E-state index contributed by atoms with van der Waals surface area (Å²) >= 11 is 0. The van der Waals surface area contributed by atoms with Crippen molar-refractivity contribution in [2.45, 2.75) is 6.92 Å². The Kier molecular flexibility index (Phi) is 3.49. The number of hydrogen-bond acceptors (Lipinski definition) is 6. The highest BCUT2D eigenvalue weighted by Gasteiger charge is 2.01. The van der Waals surface area contributed by atoms with E-state index in [0.717, 1.165) is 5.69 Å². The maximum Gasteiger partial charge on any atom is 0.229 e. The van der Waals surface area contributed by atoms with Gasteiger partial charge in [-0.15, -0.1) is 0 Å². The van der Waals surface area contributed by atoms with Crippen LogP contribution in [0.4, 0.5) is 17.5 Å². The van der Waals surface area contributed by atoms with E-state index < -0.39 is 0 Å². The van der Waals surface area contributed by atoms with Gasteiger partial charge < -0.3 is 10.7 Å². The van der Waals surface area contributed by atoms with E-state index in [2.05, 4.69) is 20.7 Å². The second-order valence-electron chi connectivity index (χ2n) is 3.67. The summed E-state index contributed by atoms with van der Waals surface area (Å²) in [6, 6.07) is 8.74. The lowest BCUT2D eigenvalue weighted by atomic mass is 10.1. The smallest absolute Gasteiger partial charge is 0.229 e. The van der Waals surface area contributed by atoms with Gasteiger partial charge in [0.2, 0.25) is 5.95 Å². The topological polar surface area (TPSA) is 92.9 Å². The number of nitrogen functional groups attached to an aromatic ring is 1. The third-order valence-electron chi connectivity index (χ3n) is 2.35. The maximum absolute atomic E-state index is 11.1. The van der Waals surface area contributed by atoms with Gasteiger partial charge in [0.15, 0.2) is 5.78 Å². The minimum atomic E-state index is 0.0344. The predicted octanol–water partition coefficient (Wildman–Crippen LogP) is 1.71. The number of ketones is 1. The van der Waals surface area contributed by atoms with Gasteiger partial charge in [0.25, 0.3) is 0 Å². The summed E-state index contributed by atoms with van der Waals surface area (Å²) in [6.07, 6.45) is 1.59. The van der Waals surface area contributed by atoms with E-state index in [1.54, 1.807) is 36.5 Å². The lowest BCUT2D eigenvalue weighted by Crippen LogP contribution is -2.09. The quantitative estimate of drug-likeness (QED) is 0.430. The number of rotatable bonds is 4. The maximum atomic E-state index is 11.1. The molecule has 92 valence electrons. The summed E-state index contributed by atoms with van der Waals surface area (Å²) in [7, 11) is 0. The fourth-order valence-electron chi connectivity index (χ4n) is 1.42. The molecule has 0 bridgehead atoms. The molecule has 1 aromatic carbocycles. The van der Waals surface area contributed by atoms with Crippen molar-refractivity contribution in [2.24, 2.45) is 5.84 Å². The molecule has 0 saturated carbocycles. The Balaban J connectivity index is 2.15. The van der Waals surface area contributed by atoms with Gasteiger partial charge in [0.05, 0.1) is 0 Å². The Labute approximate surface area is 104 Å². The molecule has 2 aromatic rings. The first kappa shape index (κ1) is 12.0. The van der Waals surface area contributed by atoms with Crippen molar-refractivity contribution >= 4 is 23.2 Å². The fourth-order valence-corrected chi connectivity index (χ4v) is 1.42. The molecule has 2 rings (SSSR count). The van der Waals surface area contributed by atoms with E-state index in [9.17, 15) is 4.79 Å². The number of nitrogens with zero attached hydrogens (tertiary/aromatic N) is 2. The molecule has 0 radical (unpaired) electrons. The van der Waals surface area contributed by atoms with E-state index in [1.807, 2.05) is 0 Å². The van der Waals surface area contributed by atoms with Crippen LogP contribution in [-0.4, -0.2) is 15.8 Å². The van der Waals surface area contributed by atoms with Crippen LogP contribution in [0.5, 0.6) is 0 Å². The predicted molar refractivity (Wildman–Crippen MR) is 69.6 cm³/mol. The molecule has 6 heteroatoms. The Morgan fingerprint density at radius 3 is 2.56 bits per heavy atom. The van der Waals surface area contributed by atoms with Crippen molar-refractivity contribution < 1.29 is 4.79 Å². The number of hydrogen-bond donors (Lipinski definition) is 3. The number of nitrogens with one attached hydrogen (secondary N) is 2. The zero-order valence-electron chi connectivity index (χ0n) is 9.84. The molecule has 0 amide bonds. The van der Waals surface area contributed by atoms with Crippen LogP contribution in [0.15, 0.2) is 36.5 Å². The Bertz CT molecular complexity index is 553. The van der Waals surface area contributed by atoms with Crippen LogP contribution in [0.25, 0.3) is 0 Å². The van der Waals surface area contributed by atoms with E-state index in [0.29, 0.717) is 17.3 Å². The second kappa shape index (κ2) is 5.24. The summed E-state index contributed by atoms with van der Waals surface area (Å²) < 4.78 is 0. The molecule has 0 atom stereocenters. The number of nitrogens with two attached hydrogens (primary N) is 1. The Hall–Kier alpha value is -2.47. The Morgan fingerprint density at radius 2 is 1.94 bits per heavy atom. The summed E-state index contributed by atoms with van der Waals surface area (Å²) in [5, 5.41) is 3.02. The van der Waals surface area contributed by atoms with Crippen LogP contribution in [0.3, 0.4) is 0 Å². The molecule has 0 aliphatic heterocycles. The standard InChI is InChI=1S/C12H13N5O/c1-8(18)9-2-4-10(5-3-9)15-12-14-7-6-11(16-12)17-13/h2-7H,13H2,1H3,(H2,14,15,16,17). The molecule has 0 fully saturated rings. The molecule has 0 unspecified atom stereocenters. The molecule has 0 spiro atoms. The van der Waals surface area contributed by atoms with Gasteiger partial charge in [0, 0.05) is 23.5 Å². The first-order valence-corrected chi connectivity index (χ1v) is 5.37. The van der Waals surface area contributed by atoms with E-state index in [1.165, 1.54) is 6.92 Å². The van der Waals surface area contributed by atoms with Crippen LogP contribution in [0.2, 0.25) is 0 Å². The monoisotopic (exact) mass is 243 g/mol. The second-order valence-corrected chi connectivity index (χ2v) is 3.67. The number of Topliss-reactive ketones (excluding diaryl/α,β-unsaturated/α-hetero) is 1. The molecular formula is C12H13N5O. The molecule has 0 aliphatic rings. The van der Waals surface area contributed by atoms with E-state index in [4.69, 9.17) is 5.84 Å². The summed E-state index contributed by atoms with van der Waals surface area (Å²) in [6.45, 7) is 1.53. The van der Waals surface area contributed by atoms with Crippen molar-refractivity contribution in [3.8, 4) is 0 Å². The van der Waals surface area contributed by atoms with Crippen LogP contribution >= 0.6 is 0 Å². The third kappa shape index (κ3) is 2.80. The zero-order valence-corrected chi connectivity index (χ0v) is 9.84. The van der Waals surface area contributed by atoms with Gasteiger partial charge in [-0.1, -0.05) is 0 Å². The fraction of sp³-hybridized carbons (Fsp3) is 0.0833. The van der Waals surface area contributed by atoms with Crippen molar-refractivity contribution in [1.29, 1.82) is 0 Å². The highest BCUT2D eigenvalue weighted by Crippen LogP contribution is 2.15. The summed E-state index contributed by atoms with van der Waals surface area (Å²) in [5.74, 6) is 6.25. The highest BCUT2D eigenvalue weighted by molar-refractivity contribution is 5.94. The summed E-state index contributed by atoms with van der Waals surface area (Å²) in [5.41, 5.74) is 3.91. The molecular weight excluding hydrogens is 230 g/mol. The molecule has 18 heavy (non-hydrogen) atoms. The Morgan fingerprint density at radius 1 is 1.22 bits per heavy atom. The molecule has 1 heterocycles. The third-order valence-corrected chi connectivity index (χ3v) is 2.35. The minimum absolute atomic E-state index is 0.0344. The van der Waals surface area contributed by atoms with Crippen molar-refractivity contribution in [2.75, 3.05) is 10.7 Å². The SMILES string of the molecule is CC(=O)c1ccc(Nc2nccc(NN)n2)cc1. The van der Waals surface area contributed by atoms with Gasteiger partial charge in [-0.2, -0.15) is 4.98 Å². The largest absolute Gasteiger partial charge is 0.324 e. The number of carbonyl (C=O) groups is 1. The van der Waals surface area contributed by atoms with Gasteiger partial charge >= 0.3 is 0 Å². The first-order chi connectivity index (χ1) is 8.69. The van der Waals surface area contributed by atoms with Crippen molar-refractivity contribution in [3.05, 3.63) is 42.1 Å². The van der Waals surface area contributed by atoms with E-state index >= 15 is 0 Å². The van der Waals surface area contributed by atoms with Crippen molar-refractivity contribution in [3.63, 3.8) is 0 Å². The average Bonchev–Trinajstić information content (AvgIpc) is 2.39. The lowest BCUT2D eigenvalue weighted by molar-refractivity contribution is 0.101. The van der Waals surface area contributed by atoms with Crippen molar-refractivity contribution in [1.82, 2.24) is 9.97 Å². The molecule has 6 nitrogen and oxygen atoms in total. The van der Waals surface area contributed by atoms with Gasteiger partial charge in [0.1, 0.15) is 5.82 Å². The van der Waals surface area contributed by atoms with Crippen LogP contribution in [-0.2, 0) is 0 Å². The number of anilines is 3. The van der Waals surface area contributed by atoms with Gasteiger partial charge in [-0.25, -0.2) is 10.8 Å². The molecule has 1 aromatic heterocycles. The average molecular weight is 243 g/mol. The van der Waals surface area contributed by atoms with E-state index in [-0.39, 0.29) is 5.78 Å².